The van der Waals surface area contributed by atoms with Gasteiger partial charge in [-0.25, -0.2) is 5.43 Å². The van der Waals surface area contributed by atoms with E-state index in [1.807, 2.05) is 6.92 Å². The maximum absolute atomic E-state index is 10.5. The molecule has 0 aromatic carbocycles. The van der Waals surface area contributed by atoms with Crippen molar-refractivity contribution in [1.29, 1.82) is 0 Å². The Bertz CT molecular complexity index is 132. The second-order valence-corrected chi connectivity index (χ2v) is 3.36. The number of nitrogens with zero attached hydrogens (tertiary/aromatic N) is 1. The van der Waals surface area contributed by atoms with Crippen molar-refractivity contribution in [1.82, 2.24) is 10.4 Å². The van der Waals surface area contributed by atoms with Crippen molar-refractivity contribution < 1.29 is 4.79 Å². The molecule has 1 aliphatic carbocycles. The van der Waals surface area contributed by atoms with Crippen molar-refractivity contribution in [3.05, 3.63) is 0 Å². The first kappa shape index (κ1) is 9.52. The number of hydrogen-bond donors (Lipinski definition) is 1. The SMILES string of the molecule is CCN(C=O)NC1CCCCC1. The molecule has 1 rings (SSSR count). The van der Waals surface area contributed by atoms with E-state index in [2.05, 4.69) is 5.43 Å². The van der Waals surface area contributed by atoms with E-state index in [4.69, 9.17) is 0 Å². The summed E-state index contributed by atoms with van der Waals surface area (Å²) in [6.45, 7) is 2.73. The van der Waals surface area contributed by atoms with Gasteiger partial charge in [0.2, 0.25) is 6.41 Å². The van der Waals surface area contributed by atoms with Crippen LogP contribution in [0.4, 0.5) is 0 Å². The molecule has 0 aliphatic heterocycles. The number of hydrazine groups is 1. The minimum atomic E-state index is 0.531. The van der Waals surface area contributed by atoms with Crippen LogP contribution < -0.4 is 5.43 Å². The Labute approximate surface area is 74.1 Å². The molecular formula is C9H18N2O. The number of hydrogen-bond acceptors (Lipinski definition) is 2. The van der Waals surface area contributed by atoms with Crippen LogP contribution in [0.1, 0.15) is 39.0 Å². The Morgan fingerprint density at radius 3 is 2.58 bits per heavy atom. The van der Waals surface area contributed by atoms with Gasteiger partial charge in [-0.3, -0.25) is 9.80 Å². The monoisotopic (exact) mass is 170 g/mol. The molecule has 0 unspecified atom stereocenters. The first-order chi connectivity index (χ1) is 5.86. The van der Waals surface area contributed by atoms with Crippen LogP contribution in [-0.4, -0.2) is 24.0 Å². The summed E-state index contributed by atoms with van der Waals surface area (Å²) in [6, 6.07) is 0.531. The third kappa shape index (κ3) is 2.81. The lowest BCUT2D eigenvalue weighted by Crippen LogP contribution is -2.44. The van der Waals surface area contributed by atoms with Crippen molar-refractivity contribution in [2.24, 2.45) is 0 Å². The molecule has 0 spiro atoms. The first-order valence-electron chi connectivity index (χ1n) is 4.85. The average molecular weight is 170 g/mol. The van der Waals surface area contributed by atoms with Crippen molar-refractivity contribution in [3.63, 3.8) is 0 Å². The maximum atomic E-state index is 10.5. The van der Waals surface area contributed by atoms with E-state index in [-0.39, 0.29) is 0 Å². The number of carbonyl (C=O) groups excluding carboxylic acids is 1. The minimum Gasteiger partial charge on any atom is -0.281 e. The van der Waals surface area contributed by atoms with Gasteiger partial charge in [0.15, 0.2) is 0 Å². The summed E-state index contributed by atoms with van der Waals surface area (Å²) in [4.78, 5) is 10.5. The largest absolute Gasteiger partial charge is 0.281 e. The Morgan fingerprint density at radius 2 is 2.08 bits per heavy atom. The fourth-order valence-corrected chi connectivity index (χ4v) is 1.66. The predicted octanol–water partition coefficient (Wildman–Crippen LogP) is 1.30. The second-order valence-electron chi connectivity index (χ2n) is 3.36. The number of carbonyl (C=O) groups is 1. The van der Waals surface area contributed by atoms with Crippen LogP contribution in [0, 0.1) is 0 Å². The standard InChI is InChI=1S/C9H18N2O/c1-2-11(8-12)10-9-6-4-3-5-7-9/h8-10H,2-7H2,1H3. The van der Waals surface area contributed by atoms with E-state index in [9.17, 15) is 4.79 Å². The molecule has 70 valence electrons. The van der Waals surface area contributed by atoms with Crippen LogP contribution in [0.2, 0.25) is 0 Å². The highest BCUT2D eigenvalue weighted by molar-refractivity contribution is 5.45. The van der Waals surface area contributed by atoms with Crippen LogP contribution in [0.3, 0.4) is 0 Å². The second kappa shape index (κ2) is 5.14. The highest BCUT2D eigenvalue weighted by Crippen LogP contribution is 2.17. The van der Waals surface area contributed by atoms with Crippen molar-refractivity contribution in [2.75, 3.05) is 6.54 Å². The van der Waals surface area contributed by atoms with Gasteiger partial charge in [0.25, 0.3) is 0 Å². The van der Waals surface area contributed by atoms with Gasteiger partial charge in [0.1, 0.15) is 0 Å². The zero-order chi connectivity index (χ0) is 8.81. The lowest BCUT2D eigenvalue weighted by Gasteiger charge is -2.27. The average Bonchev–Trinajstić information content (AvgIpc) is 2.16. The van der Waals surface area contributed by atoms with Gasteiger partial charge in [-0.1, -0.05) is 19.3 Å². The molecule has 0 aromatic rings. The van der Waals surface area contributed by atoms with E-state index in [1.54, 1.807) is 5.01 Å². The molecule has 1 fully saturated rings. The van der Waals surface area contributed by atoms with Crippen LogP contribution >= 0.6 is 0 Å². The summed E-state index contributed by atoms with van der Waals surface area (Å²) in [5.41, 5.74) is 3.22. The molecular weight excluding hydrogens is 152 g/mol. The predicted molar refractivity (Wildman–Crippen MR) is 48.5 cm³/mol. The smallest absolute Gasteiger partial charge is 0.223 e. The Hall–Kier alpha value is -0.570. The summed E-state index contributed by atoms with van der Waals surface area (Å²) in [5, 5.41) is 1.63. The molecule has 0 bridgehead atoms. The van der Waals surface area contributed by atoms with Gasteiger partial charge in [0, 0.05) is 12.6 Å². The van der Waals surface area contributed by atoms with Gasteiger partial charge < -0.3 is 0 Å². The van der Waals surface area contributed by atoms with Crippen molar-refractivity contribution in [3.8, 4) is 0 Å². The molecule has 1 amide bonds. The lowest BCUT2D eigenvalue weighted by atomic mass is 9.96. The third-order valence-corrected chi connectivity index (χ3v) is 2.42. The van der Waals surface area contributed by atoms with Crippen molar-refractivity contribution in [2.45, 2.75) is 45.1 Å². The number of rotatable bonds is 4. The van der Waals surface area contributed by atoms with Gasteiger partial charge in [0.05, 0.1) is 0 Å². The Morgan fingerprint density at radius 1 is 1.42 bits per heavy atom. The van der Waals surface area contributed by atoms with Gasteiger partial charge >= 0.3 is 0 Å². The Kier molecular flexibility index (Phi) is 4.08. The molecule has 0 aromatic heterocycles. The Balaban J connectivity index is 2.22. The van der Waals surface area contributed by atoms with Gasteiger partial charge in [-0.05, 0) is 19.8 Å². The summed E-state index contributed by atoms with van der Waals surface area (Å²) in [7, 11) is 0. The highest BCUT2D eigenvalue weighted by Gasteiger charge is 2.14. The lowest BCUT2D eigenvalue weighted by molar-refractivity contribution is -0.121. The quantitative estimate of drug-likeness (QED) is 0.509. The number of amides is 1. The molecule has 1 aliphatic rings. The zero-order valence-corrected chi connectivity index (χ0v) is 7.75. The summed E-state index contributed by atoms with van der Waals surface area (Å²) in [6.07, 6.45) is 7.25. The third-order valence-electron chi connectivity index (χ3n) is 2.42. The van der Waals surface area contributed by atoms with Crippen LogP contribution in [0.25, 0.3) is 0 Å². The van der Waals surface area contributed by atoms with Gasteiger partial charge in [-0.2, -0.15) is 0 Å². The van der Waals surface area contributed by atoms with E-state index in [1.165, 1.54) is 32.1 Å². The molecule has 1 saturated carbocycles. The molecule has 3 heteroatoms. The normalized spacial score (nSPS) is 19.1. The van der Waals surface area contributed by atoms with Crippen LogP contribution in [0.5, 0.6) is 0 Å². The summed E-state index contributed by atoms with van der Waals surface area (Å²) < 4.78 is 0. The molecule has 3 nitrogen and oxygen atoms in total. The van der Waals surface area contributed by atoms with E-state index in [0.717, 1.165) is 13.0 Å². The molecule has 0 radical (unpaired) electrons. The molecule has 0 heterocycles. The minimum absolute atomic E-state index is 0.531. The fraction of sp³-hybridized carbons (Fsp3) is 0.889. The van der Waals surface area contributed by atoms with Gasteiger partial charge in [-0.15, -0.1) is 0 Å². The topological polar surface area (TPSA) is 32.3 Å². The number of nitrogens with one attached hydrogen (secondary N) is 1. The van der Waals surface area contributed by atoms with Crippen molar-refractivity contribution >= 4 is 6.41 Å². The molecule has 1 N–H and O–H groups in total. The molecule has 0 atom stereocenters. The van der Waals surface area contributed by atoms with E-state index in [0.29, 0.717) is 6.04 Å². The molecule has 12 heavy (non-hydrogen) atoms. The van der Waals surface area contributed by atoms with Crippen LogP contribution in [0.15, 0.2) is 0 Å². The fourth-order valence-electron chi connectivity index (χ4n) is 1.66. The summed E-state index contributed by atoms with van der Waals surface area (Å²) in [5.74, 6) is 0. The molecule has 0 saturated heterocycles. The van der Waals surface area contributed by atoms with Crippen LogP contribution in [-0.2, 0) is 4.79 Å². The summed E-state index contributed by atoms with van der Waals surface area (Å²) >= 11 is 0. The highest BCUT2D eigenvalue weighted by atomic mass is 16.1. The zero-order valence-electron chi connectivity index (χ0n) is 7.75. The van der Waals surface area contributed by atoms with E-state index < -0.39 is 0 Å². The van der Waals surface area contributed by atoms with E-state index >= 15 is 0 Å². The maximum Gasteiger partial charge on any atom is 0.223 e. The first-order valence-corrected chi connectivity index (χ1v) is 4.85.